The monoisotopic (exact) mass is 488 g/mol. The number of rotatable bonds is 7. The third kappa shape index (κ3) is 6.29. The molecule has 2 atom stereocenters. The summed E-state index contributed by atoms with van der Waals surface area (Å²) in [7, 11) is -1.70. The zero-order valence-corrected chi connectivity index (χ0v) is 22.0. The van der Waals surface area contributed by atoms with Crippen LogP contribution >= 0.6 is 15.9 Å². The molecule has 1 aromatic rings. The maximum absolute atomic E-state index is 12.8. The second-order valence-corrected chi connectivity index (χ2v) is 18.2. The minimum atomic E-state index is -1.70. The first-order valence-electron chi connectivity index (χ1n) is 10.1. The van der Waals surface area contributed by atoms with Crippen molar-refractivity contribution in [2.24, 2.45) is 11.8 Å². The summed E-state index contributed by atoms with van der Waals surface area (Å²) in [6, 6.07) is 5.96. The summed E-state index contributed by atoms with van der Waals surface area (Å²) in [5, 5.41) is 0.240. The first-order chi connectivity index (χ1) is 12.7. The van der Waals surface area contributed by atoms with Gasteiger partial charge in [0.05, 0.1) is 11.7 Å². The van der Waals surface area contributed by atoms with E-state index in [9.17, 15) is 4.55 Å². The van der Waals surface area contributed by atoms with E-state index >= 15 is 0 Å². The summed E-state index contributed by atoms with van der Waals surface area (Å²) < 4.78 is 23.1. The molecule has 0 aliphatic heterocycles. The largest absolute Gasteiger partial charge is 0.598 e. The standard InChI is InChI=1S/C21H37BrN2O2SSi/c1-20(2,3)27(25)24-19(17-10-9-11-18(22)23-17)16-12-15(13-16)14-26-28(7,8)21(4,5)6/h9-11,15-16,19,24H,12-14H2,1-8H3/t15?,16?,19-,27?/m1/s1. The van der Waals surface area contributed by atoms with E-state index in [1.165, 1.54) is 0 Å². The molecule has 1 heterocycles. The number of halogens is 1. The molecular weight excluding hydrogens is 452 g/mol. The van der Waals surface area contributed by atoms with Gasteiger partial charge in [-0.05, 0) is 91.6 Å². The molecule has 0 spiro atoms. The normalized spacial score (nSPS) is 23.2. The van der Waals surface area contributed by atoms with E-state index in [0.29, 0.717) is 11.8 Å². The molecule has 0 amide bonds. The van der Waals surface area contributed by atoms with Crippen LogP contribution in [0.2, 0.25) is 18.1 Å². The van der Waals surface area contributed by atoms with Crippen molar-refractivity contribution in [1.29, 1.82) is 0 Å². The number of hydrogen-bond acceptors (Lipinski definition) is 4. The van der Waals surface area contributed by atoms with Gasteiger partial charge in [-0.15, -0.1) is 4.72 Å². The first kappa shape index (κ1) is 24.3. The van der Waals surface area contributed by atoms with Gasteiger partial charge < -0.3 is 8.98 Å². The van der Waals surface area contributed by atoms with Crippen molar-refractivity contribution in [3.05, 3.63) is 28.5 Å². The molecule has 4 nitrogen and oxygen atoms in total. The van der Waals surface area contributed by atoms with Gasteiger partial charge in [-0.2, -0.15) is 0 Å². The molecule has 1 N–H and O–H groups in total. The first-order valence-corrected chi connectivity index (χ1v) is 15.0. The highest BCUT2D eigenvalue weighted by Gasteiger charge is 2.43. The fourth-order valence-electron chi connectivity index (χ4n) is 3.03. The number of hydrogen-bond donors (Lipinski definition) is 1. The Labute approximate surface area is 184 Å². The lowest BCUT2D eigenvalue weighted by atomic mass is 9.71. The lowest BCUT2D eigenvalue weighted by Gasteiger charge is -2.43. The molecule has 28 heavy (non-hydrogen) atoms. The minimum Gasteiger partial charge on any atom is -0.598 e. The molecule has 1 aliphatic carbocycles. The Hall–Kier alpha value is 0.0769. The van der Waals surface area contributed by atoms with Crippen molar-refractivity contribution in [3.63, 3.8) is 0 Å². The highest BCUT2D eigenvalue weighted by atomic mass is 79.9. The zero-order valence-electron chi connectivity index (χ0n) is 18.6. The summed E-state index contributed by atoms with van der Waals surface area (Å²) >= 11 is 2.34. The van der Waals surface area contributed by atoms with E-state index in [2.05, 4.69) is 59.5 Å². The molecule has 1 fully saturated rings. The topological polar surface area (TPSA) is 57.2 Å². The Morgan fingerprint density at radius 3 is 2.36 bits per heavy atom. The molecule has 2 rings (SSSR count). The van der Waals surface area contributed by atoms with E-state index in [1.54, 1.807) is 0 Å². The van der Waals surface area contributed by atoms with E-state index in [0.717, 1.165) is 29.7 Å². The van der Waals surface area contributed by atoms with Crippen LogP contribution in [0.15, 0.2) is 22.8 Å². The quantitative estimate of drug-likeness (QED) is 0.291. The molecule has 0 aromatic carbocycles. The predicted octanol–water partition coefficient (Wildman–Crippen LogP) is 5.99. The van der Waals surface area contributed by atoms with E-state index < -0.39 is 19.7 Å². The van der Waals surface area contributed by atoms with Crippen LogP contribution in [0, 0.1) is 11.8 Å². The molecule has 1 aliphatic rings. The number of nitrogens with one attached hydrogen (secondary N) is 1. The molecular formula is C21H37BrN2O2SSi. The Morgan fingerprint density at radius 1 is 1.25 bits per heavy atom. The fourth-order valence-corrected chi connectivity index (χ4v) is 5.37. The number of aromatic nitrogens is 1. The van der Waals surface area contributed by atoms with Crippen LogP contribution in [-0.4, -0.2) is 29.2 Å². The van der Waals surface area contributed by atoms with Gasteiger partial charge in [-0.25, -0.2) is 4.98 Å². The highest BCUT2D eigenvalue weighted by Crippen LogP contribution is 2.44. The number of nitrogens with zero attached hydrogens (tertiary/aromatic N) is 1. The molecule has 160 valence electrons. The van der Waals surface area contributed by atoms with Crippen LogP contribution in [-0.2, 0) is 15.8 Å². The summed E-state index contributed by atoms with van der Waals surface area (Å²) in [5.41, 5.74) is 0.959. The second kappa shape index (κ2) is 9.06. The number of pyridine rings is 1. The Bertz CT molecular complexity index is 655. The SMILES string of the molecule is CC(C)(C)[S+]([O-])N[C@@H](c1cccc(Br)n1)C1CC(CO[Si](C)(C)C(C)(C)C)C1. The van der Waals surface area contributed by atoms with Crippen molar-refractivity contribution >= 4 is 35.6 Å². The molecule has 7 heteroatoms. The third-order valence-electron chi connectivity index (χ3n) is 6.08. The zero-order chi connectivity index (χ0) is 21.3. The molecule has 1 saturated carbocycles. The molecule has 0 saturated heterocycles. The van der Waals surface area contributed by atoms with Gasteiger partial charge >= 0.3 is 0 Å². The van der Waals surface area contributed by atoms with E-state index in [-0.39, 0.29) is 15.8 Å². The Kier molecular flexibility index (Phi) is 7.88. The van der Waals surface area contributed by atoms with E-state index in [4.69, 9.17) is 4.43 Å². The smallest absolute Gasteiger partial charge is 0.191 e. The van der Waals surface area contributed by atoms with Gasteiger partial charge in [0.1, 0.15) is 9.35 Å². The fraction of sp³-hybridized carbons (Fsp3) is 0.762. The summed E-state index contributed by atoms with van der Waals surface area (Å²) in [6.45, 7) is 18.3. The molecule has 0 bridgehead atoms. The second-order valence-electron chi connectivity index (χ2n) is 10.5. The van der Waals surface area contributed by atoms with Crippen molar-refractivity contribution in [2.75, 3.05) is 6.61 Å². The van der Waals surface area contributed by atoms with Gasteiger partial charge in [-0.3, -0.25) is 0 Å². The van der Waals surface area contributed by atoms with Gasteiger partial charge in [0.25, 0.3) is 0 Å². The summed E-state index contributed by atoms with van der Waals surface area (Å²) in [4.78, 5) is 4.65. The summed E-state index contributed by atoms with van der Waals surface area (Å²) in [6.07, 6.45) is 2.17. The van der Waals surface area contributed by atoms with Crippen LogP contribution in [0.5, 0.6) is 0 Å². The van der Waals surface area contributed by atoms with Crippen LogP contribution in [0.3, 0.4) is 0 Å². The van der Waals surface area contributed by atoms with Crippen molar-refractivity contribution in [3.8, 4) is 0 Å². The third-order valence-corrected chi connectivity index (χ3v) is 12.6. The average molecular weight is 490 g/mol. The van der Waals surface area contributed by atoms with Gasteiger partial charge in [0, 0.05) is 18.0 Å². The lowest BCUT2D eigenvalue weighted by molar-refractivity contribution is 0.0907. The van der Waals surface area contributed by atoms with Crippen molar-refractivity contribution in [1.82, 2.24) is 9.71 Å². The van der Waals surface area contributed by atoms with Gasteiger partial charge in [0.2, 0.25) is 0 Å². The molecule has 1 unspecified atom stereocenters. The van der Waals surface area contributed by atoms with Gasteiger partial charge in [0.15, 0.2) is 8.32 Å². The van der Waals surface area contributed by atoms with Crippen molar-refractivity contribution < 1.29 is 8.98 Å². The van der Waals surface area contributed by atoms with Crippen molar-refractivity contribution in [2.45, 2.75) is 83.3 Å². The lowest BCUT2D eigenvalue weighted by Crippen LogP contribution is -2.47. The molecule has 1 aromatic heterocycles. The van der Waals surface area contributed by atoms with Crippen LogP contribution in [0.4, 0.5) is 0 Å². The van der Waals surface area contributed by atoms with Crippen LogP contribution < -0.4 is 4.72 Å². The predicted molar refractivity (Wildman–Crippen MR) is 125 cm³/mol. The Morgan fingerprint density at radius 2 is 1.86 bits per heavy atom. The highest BCUT2D eigenvalue weighted by molar-refractivity contribution is 9.10. The average Bonchev–Trinajstić information content (AvgIpc) is 2.49. The Balaban J connectivity index is 2.02. The van der Waals surface area contributed by atoms with Gasteiger partial charge in [-0.1, -0.05) is 26.8 Å². The van der Waals surface area contributed by atoms with Crippen LogP contribution in [0.1, 0.15) is 66.1 Å². The maximum atomic E-state index is 12.8. The maximum Gasteiger partial charge on any atom is 0.191 e. The van der Waals surface area contributed by atoms with Crippen LogP contribution in [0.25, 0.3) is 0 Å². The summed E-state index contributed by atoms with van der Waals surface area (Å²) in [5.74, 6) is 1.01. The van der Waals surface area contributed by atoms with E-state index in [1.807, 2.05) is 39.0 Å². The molecule has 0 radical (unpaired) electrons. The minimum absolute atomic E-state index is 0.00156.